The minimum Gasteiger partial charge on any atom is -0.373 e. The van der Waals surface area contributed by atoms with Gasteiger partial charge in [0.15, 0.2) is 0 Å². The largest absolute Gasteiger partial charge is 0.373 e. The Kier molecular flexibility index (Phi) is 5.28. The van der Waals surface area contributed by atoms with Crippen LogP contribution in [0.3, 0.4) is 0 Å². The van der Waals surface area contributed by atoms with Gasteiger partial charge in [0.05, 0.1) is 0 Å². The first kappa shape index (κ1) is 15.1. The fraction of sp³-hybridized carbons (Fsp3) is 0.846. The van der Waals surface area contributed by atoms with Crippen LogP contribution in [-0.2, 0) is 11.2 Å². The number of methoxy groups -OCH3 is 1. The number of hydrogen-bond donors (Lipinski definition) is 1. The van der Waals surface area contributed by atoms with Gasteiger partial charge in [-0.3, -0.25) is 0 Å². The maximum Gasteiger partial charge on any atom is 0.228 e. The van der Waals surface area contributed by atoms with E-state index in [9.17, 15) is 0 Å². The molecule has 18 heavy (non-hydrogen) atoms. The number of rotatable bonds is 6. The molecule has 104 valence electrons. The van der Waals surface area contributed by atoms with E-state index in [0.29, 0.717) is 18.1 Å². The van der Waals surface area contributed by atoms with Crippen molar-refractivity contribution in [2.75, 3.05) is 7.11 Å². The predicted octanol–water partition coefficient (Wildman–Crippen LogP) is 2.47. The molecule has 0 fully saturated rings. The smallest absolute Gasteiger partial charge is 0.228 e. The summed E-state index contributed by atoms with van der Waals surface area (Å²) in [6.07, 6.45) is 2.48. The van der Waals surface area contributed by atoms with Crippen LogP contribution >= 0.6 is 0 Å². The summed E-state index contributed by atoms with van der Waals surface area (Å²) in [6.45, 7) is 8.36. The molecule has 0 bridgehead atoms. The standard InChI is InChI=1S/C13H25N3O2/c1-6-7-9(14)8-10-15-12(16-18-10)11(17-5)13(2,3)4/h9,11H,6-8,14H2,1-5H3. The molecule has 0 aliphatic rings. The molecule has 1 aromatic heterocycles. The second-order valence-corrected chi connectivity index (χ2v) is 5.78. The van der Waals surface area contributed by atoms with Crippen LogP contribution in [0.4, 0.5) is 0 Å². The Balaban J connectivity index is 2.73. The number of hydrogen-bond acceptors (Lipinski definition) is 5. The van der Waals surface area contributed by atoms with E-state index in [-0.39, 0.29) is 17.6 Å². The third-order valence-electron chi connectivity index (χ3n) is 2.84. The topological polar surface area (TPSA) is 74.2 Å². The van der Waals surface area contributed by atoms with E-state index in [4.69, 9.17) is 15.0 Å². The molecule has 0 radical (unpaired) electrons. The van der Waals surface area contributed by atoms with Crippen molar-refractivity contribution in [3.8, 4) is 0 Å². The molecule has 0 aromatic carbocycles. The fourth-order valence-electron chi connectivity index (χ4n) is 2.00. The van der Waals surface area contributed by atoms with Gasteiger partial charge in [-0.05, 0) is 11.8 Å². The molecule has 0 saturated carbocycles. The minimum atomic E-state index is -0.169. The van der Waals surface area contributed by atoms with Crippen molar-refractivity contribution >= 4 is 0 Å². The Morgan fingerprint density at radius 2 is 2.06 bits per heavy atom. The second-order valence-electron chi connectivity index (χ2n) is 5.78. The Morgan fingerprint density at radius 3 is 2.56 bits per heavy atom. The van der Waals surface area contributed by atoms with E-state index in [1.807, 2.05) is 0 Å². The lowest BCUT2D eigenvalue weighted by atomic mass is 9.88. The highest BCUT2D eigenvalue weighted by molar-refractivity contribution is 4.97. The van der Waals surface area contributed by atoms with Gasteiger partial charge in [-0.25, -0.2) is 0 Å². The summed E-state index contributed by atoms with van der Waals surface area (Å²) in [6, 6.07) is 0.0823. The van der Waals surface area contributed by atoms with E-state index >= 15 is 0 Å². The summed E-state index contributed by atoms with van der Waals surface area (Å²) in [4.78, 5) is 4.39. The third-order valence-corrected chi connectivity index (χ3v) is 2.84. The van der Waals surface area contributed by atoms with E-state index < -0.39 is 0 Å². The van der Waals surface area contributed by atoms with Crippen LogP contribution in [0.15, 0.2) is 4.52 Å². The van der Waals surface area contributed by atoms with Crippen molar-refractivity contribution in [3.63, 3.8) is 0 Å². The van der Waals surface area contributed by atoms with Gasteiger partial charge in [-0.2, -0.15) is 4.98 Å². The molecule has 0 amide bonds. The average Bonchev–Trinajstić information content (AvgIpc) is 2.65. The highest BCUT2D eigenvalue weighted by Crippen LogP contribution is 2.33. The lowest BCUT2D eigenvalue weighted by molar-refractivity contribution is 0.00718. The molecule has 0 aliphatic heterocycles. The zero-order valence-electron chi connectivity index (χ0n) is 12.1. The molecule has 1 aromatic rings. The lowest BCUT2D eigenvalue weighted by Gasteiger charge is -2.26. The highest BCUT2D eigenvalue weighted by atomic mass is 16.5. The van der Waals surface area contributed by atoms with E-state index in [2.05, 4.69) is 37.8 Å². The first-order valence-electron chi connectivity index (χ1n) is 6.49. The SMILES string of the molecule is CCCC(N)Cc1nc(C(OC)C(C)(C)C)no1. The third kappa shape index (κ3) is 4.07. The van der Waals surface area contributed by atoms with Crippen LogP contribution in [0.1, 0.15) is 58.4 Å². The van der Waals surface area contributed by atoms with Crippen molar-refractivity contribution in [2.45, 2.75) is 59.1 Å². The van der Waals surface area contributed by atoms with Gasteiger partial charge in [0.2, 0.25) is 11.7 Å². The predicted molar refractivity (Wildman–Crippen MR) is 70.1 cm³/mol. The Labute approximate surface area is 109 Å². The molecular weight excluding hydrogens is 230 g/mol. The summed E-state index contributed by atoms with van der Waals surface area (Å²) < 4.78 is 10.7. The summed E-state index contributed by atoms with van der Waals surface area (Å²) >= 11 is 0. The van der Waals surface area contributed by atoms with E-state index in [1.54, 1.807) is 7.11 Å². The van der Waals surface area contributed by atoms with Gasteiger partial charge >= 0.3 is 0 Å². The molecule has 5 heteroatoms. The Morgan fingerprint density at radius 1 is 1.39 bits per heavy atom. The summed E-state index contributed by atoms with van der Waals surface area (Å²) in [5, 5.41) is 4.00. The van der Waals surface area contributed by atoms with Crippen LogP contribution in [0.2, 0.25) is 0 Å². The molecule has 2 atom stereocenters. The number of nitrogens with two attached hydrogens (primary N) is 1. The minimum absolute atomic E-state index is 0.0680. The van der Waals surface area contributed by atoms with Crippen molar-refractivity contribution in [2.24, 2.45) is 11.1 Å². The zero-order valence-corrected chi connectivity index (χ0v) is 12.1. The first-order valence-corrected chi connectivity index (χ1v) is 6.49. The van der Waals surface area contributed by atoms with Crippen molar-refractivity contribution in [1.29, 1.82) is 0 Å². The highest BCUT2D eigenvalue weighted by Gasteiger charge is 2.30. The van der Waals surface area contributed by atoms with Crippen LogP contribution < -0.4 is 5.73 Å². The van der Waals surface area contributed by atoms with Crippen LogP contribution in [0.5, 0.6) is 0 Å². The van der Waals surface area contributed by atoms with Crippen molar-refractivity contribution in [1.82, 2.24) is 10.1 Å². The molecule has 1 rings (SSSR count). The molecule has 0 aliphatic carbocycles. The van der Waals surface area contributed by atoms with Gasteiger partial charge in [0, 0.05) is 19.6 Å². The fourth-order valence-corrected chi connectivity index (χ4v) is 2.00. The van der Waals surface area contributed by atoms with Crippen LogP contribution in [0.25, 0.3) is 0 Å². The second kappa shape index (κ2) is 6.29. The van der Waals surface area contributed by atoms with Crippen LogP contribution in [0, 0.1) is 5.41 Å². The Bertz CT molecular complexity index is 357. The maximum absolute atomic E-state index is 5.96. The monoisotopic (exact) mass is 255 g/mol. The van der Waals surface area contributed by atoms with Gasteiger partial charge in [-0.15, -0.1) is 0 Å². The van der Waals surface area contributed by atoms with Crippen molar-refractivity contribution < 1.29 is 9.26 Å². The van der Waals surface area contributed by atoms with Gasteiger partial charge in [0.1, 0.15) is 6.10 Å². The summed E-state index contributed by atoms with van der Waals surface area (Å²) in [7, 11) is 1.66. The van der Waals surface area contributed by atoms with E-state index in [0.717, 1.165) is 12.8 Å². The quantitative estimate of drug-likeness (QED) is 0.845. The molecule has 5 nitrogen and oxygen atoms in total. The molecular formula is C13H25N3O2. The molecule has 0 saturated heterocycles. The van der Waals surface area contributed by atoms with Gasteiger partial charge in [-0.1, -0.05) is 39.3 Å². The molecule has 2 unspecified atom stereocenters. The summed E-state index contributed by atoms with van der Waals surface area (Å²) in [5.41, 5.74) is 5.89. The molecule has 2 N–H and O–H groups in total. The van der Waals surface area contributed by atoms with E-state index in [1.165, 1.54) is 0 Å². The number of nitrogens with zero attached hydrogens (tertiary/aromatic N) is 2. The van der Waals surface area contributed by atoms with Crippen LogP contribution in [-0.4, -0.2) is 23.3 Å². The lowest BCUT2D eigenvalue weighted by Crippen LogP contribution is -2.23. The first-order chi connectivity index (χ1) is 8.38. The van der Waals surface area contributed by atoms with Gasteiger partial charge < -0.3 is 15.0 Å². The maximum atomic E-state index is 5.96. The van der Waals surface area contributed by atoms with Gasteiger partial charge in [0.25, 0.3) is 0 Å². The molecule has 1 heterocycles. The number of aromatic nitrogens is 2. The average molecular weight is 255 g/mol. The van der Waals surface area contributed by atoms with Crippen molar-refractivity contribution in [3.05, 3.63) is 11.7 Å². The normalized spacial score (nSPS) is 15.7. The zero-order chi connectivity index (χ0) is 13.8. The molecule has 0 spiro atoms. The Hall–Kier alpha value is -0.940. The summed E-state index contributed by atoms with van der Waals surface area (Å²) in [5.74, 6) is 1.20. The number of ether oxygens (including phenoxy) is 1.